The molecule has 1 aliphatic rings. The Bertz CT molecular complexity index is 1400. The van der Waals surface area contributed by atoms with Gasteiger partial charge in [0.25, 0.3) is 0 Å². The van der Waals surface area contributed by atoms with E-state index in [4.69, 9.17) is 27.9 Å². The van der Waals surface area contributed by atoms with Gasteiger partial charge in [-0.1, -0.05) is 35.3 Å². The number of fused-ring (bicyclic) bond motifs is 3. The summed E-state index contributed by atoms with van der Waals surface area (Å²) in [5, 5.41) is 2.13. The molecule has 1 N–H and O–H groups in total. The van der Waals surface area contributed by atoms with Gasteiger partial charge in [0.2, 0.25) is 10.0 Å². The highest BCUT2D eigenvalue weighted by Crippen LogP contribution is 2.42. The lowest BCUT2D eigenvalue weighted by atomic mass is 9.94. The number of nitrogens with zero attached hydrogens (tertiary/aromatic N) is 1. The van der Waals surface area contributed by atoms with Crippen LogP contribution in [0.1, 0.15) is 22.9 Å². The third-order valence-corrected chi connectivity index (χ3v) is 8.28. The summed E-state index contributed by atoms with van der Waals surface area (Å²) in [4.78, 5) is 3.69. The molecule has 0 spiro atoms. The molecule has 8 heteroatoms. The Balaban J connectivity index is 1.70. The second-order valence-corrected chi connectivity index (χ2v) is 10.5. The molecular formula is C24H20Cl2N2O3S. The molecule has 164 valence electrons. The van der Waals surface area contributed by atoms with E-state index in [0.29, 0.717) is 23.0 Å². The molecule has 5 rings (SSSR count). The van der Waals surface area contributed by atoms with Crippen molar-refractivity contribution in [1.29, 1.82) is 0 Å². The lowest BCUT2D eigenvalue weighted by Gasteiger charge is -2.35. The number of sulfonamides is 1. The topological polar surface area (TPSA) is 62.4 Å². The second kappa shape index (κ2) is 8.12. The third kappa shape index (κ3) is 3.57. The molecule has 5 nitrogen and oxygen atoms in total. The van der Waals surface area contributed by atoms with Gasteiger partial charge in [-0.15, -0.1) is 0 Å². The van der Waals surface area contributed by atoms with E-state index in [2.05, 4.69) is 4.98 Å². The molecule has 0 bridgehead atoms. The zero-order valence-corrected chi connectivity index (χ0v) is 19.5. The van der Waals surface area contributed by atoms with E-state index in [9.17, 15) is 8.42 Å². The first-order chi connectivity index (χ1) is 15.4. The maximum Gasteiger partial charge on any atom is 0.244 e. The van der Waals surface area contributed by atoms with E-state index in [1.165, 1.54) is 0 Å². The molecule has 2 heterocycles. The maximum absolute atomic E-state index is 13.7. The van der Waals surface area contributed by atoms with Gasteiger partial charge in [0.1, 0.15) is 5.75 Å². The number of hydrogen-bond acceptors (Lipinski definition) is 3. The van der Waals surface area contributed by atoms with E-state index in [1.54, 1.807) is 47.8 Å². The van der Waals surface area contributed by atoms with Crippen molar-refractivity contribution >= 4 is 44.1 Å². The Labute approximate surface area is 196 Å². The van der Waals surface area contributed by atoms with Crippen molar-refractivity contribution in [2.45, 2.75) is 17.4 Å². The standard InChI is InChI=1S/C24H20Cl2N2O3S/c1-31-18-8-11-22-21(14-18)20-12-13-28(32(29,30)19-9-6-17(26)7-10-19)24(23(20)27-22)15-2-4-16(25)5-3-15/h2-11,14,24,27H,12-13H2,1H3. The first-order valence-electron chi connectivity index (χ1n) is 10.1. The summed E-state index contributed by atoms with van der Waals surface area (Å²) in [5.41, 5.74) is 3.74. The van der Waals surface area contributed by atoms with E-state index in [1.807, 2.05) is 30.3 Å². The van der Waals surface area contributed by atoms with Crippen LogP contribution >= 0.6 is 23.2 Å². The van der Waals surface area contributed by atoms with E-state index in [0.717, 1.165) is 33.5 Å². The summed E-state index contributed by atoms with van der Waals surface area (Å²) in [7, 11) is -2.15. The minimum atomic E-state index is -3.78. The molecule has 0 saturated heterocycles. The molecule has 32 heavy (non-hydrogen) atoms. The van der Waals surface area contributed by atoms with Crippen LogP contribution in [0.3, 0.4) is 0 Å². The molecular weight excluding hydrogens is 467 g/mol. The fourth-order valence-corrected chi connectivity index (χ4v) is 6.19. The molecule has 4 aromatic rings. The lowest BCUT2D eigenvalue weighted by molar-refractivity contribution is 0.340. The quantitative estimate of drug-likeness (QED) is 0.395. The Hall–Kier alpha value is -2.51. The fourth-order valence-electron chi connectivity index (χ4n) is 4.35. The van der Waals surface area contributed by atoms with Crippen LogP contribution in [0, 0.1) is 0 Å². The molecule has 1 aliphatic heterocycles. The number of H-pyrrole nitrogens is 1. The Morgan fingerprint density at radius 3 is 2.28 bits per heavy atom. The number of methoxy groups -OCH3 is 1. The summed E-state index contributed by atoms with van der Waals surface area (Å²) < 4.78 is 34.3. The minimum absolute atomic E-state index is 0.210. The predicted octanol–water partition coefficient (Wildman–Crippen LogP) is 5.82. The smallest absolute Gasteiger partial charge is 0.244 e. The Kier molecular flexibility index (Phi) is 5.42. The van der Waals surface area contributed by atoms with Crippen LogP contribution in [0.2, 0.25) is 10.0 Å². The number of halogens is 2. The van der Waals surface area contributed by atoms with Crippen molar-refractivity contribution in [1.82, 2.24) is 9.29 Å². The molecule has 1 aromatic heterocycles. The Morgan fingerprint density at radius 2 is 1.62 bits per heavy atom. The number of hydrogen-bond donors (Lipinski definition) is 1. The summed E-state index contributed by atoms with van der Waals surface area (Å²) in [6.45, 7) is 0.343. The van der Waals surface area contributed by atoms with Crippen molar-refractivity contribution in [3.63, 3.8) is 0 Å². The van der Waals surface area contributed by atoms with Crippen LogP contribution < -0.4 is 4.74 Å². The van der Waals surface area contributed by atoms with Crippen molar-refractivity contribution in [3.8, 4) is 5.75 Å². The molecule has 0 saturated carbocycles. The average molecular weight is 487 g/mol. The first kappa shape index (κ1) is 21.3. The van der Waals surface area contributed by atoms with Crippen molar-refractivity contribution in [3.05, 3.63) is 93.6 Å². The highest BCUT2D eigenvalue weighted by atomic mass is 35.5. The predicted molar refractivity (Wildman–Crippen MR) is 127 cm³/mol. The van der Waals surface area contributed by atoms with Gasteiger partial charge in [-0.2, -0.15) is 4.31 Å². The molecule has 0 aliphatic carbocycles. The number of benzene rings is 3. The maximum atomic E-state index is 13.7. The van der Waals surface area contributed by atoms with Crippen molar-refractivity contribution in [2.75, 3.05) is 13.7 Å². The van der Waals surface area contributed by atoms with Crippen LogP contribution in [0.4, 0.5) is 0 Å². The van der Waals surface area contributed by atoms with Crippen LogP contribution in [0.15, 0.2) is 71.6 Å². The molecule has 1 unspecified atom stereocenters. The zero-order valence-electron chi connectivity index (χ0n) is 17.2. The summed E-state index contributed by atoms with van der Waals surface area (Å²) >= 11 is 12.1. The van der Waals surface area contributed by atoms with Crippen LogP contribution in [0.5, 0.6) is 5.75 Å². The van der Waals surface area contributed by atoms with Crippen LogP contribution in [-0.2, 0) is 16.4 Å². The summed E-state index contributed by atoms with van der Waals surface area (Å²) in [6, 6.07) is 18.9. The fraction of sp³-hybridized carbons (Fsp3) is 0.167. The SMILES string of the molecule is COc1ccc2[nH]c3c(c2c1)CCN(S(=O)(=O)c1ccc(Cl)cc1)C3c1ccc(Cl)cc1. The largest absolute Gasteiger partial charge is 0.497 e. The van der Waals surface area contributed by atoms with Crippen LogP contribution in [0.25, 0.3) is 10.9 Å². The minimum Gasteiger partial charge on any atom is -0.497 e. The lowest BCUT2D eigenvalue weighted by Crippen LogP contribution is -2.40. The second-order valence-electron chi connectivity index (χ2n) is 7.70. The van der Waals surface area contributed by atoms with Crippen molar-refractivity contribution < 1.29 is 13.2 Å². The molecule has 0 fully saturated rings. The molecule has 0 radical (unpaired) electrons. The van der Waals surface area contributed by atoms with E-state index < -0.39 is 16.1 Å². The number of nitrogens with one attached hydrogen (secondary N) is 1. The van der Waals surface area contributed by atoms with E-state index in [-0.39, 0.29) is 4.90 Å². The molecule has 3 aromatic carbocycles. The third-order valence-electron chi connectivity index (χ3n) is 5.90. The average Bonchev–Trinajstić information content (AvgIpc) is 3.17. The van der Waals surface area contributed by atoms with Crippen LogP contribution in [-0.4, -0.2) is 31.4 Å². The highest BCUT2D eigenvalue weighted by molar-refractivity contribution is 7.89. The van der Waals surface area contributed by atoms with Gasteiger partial charge in [0.05, 0.1) is 18.0 Å². The van der Waals surface area contributed by atoms with Gasteiger partial charge >= 0.3 is 0 Å². The van der Waals surface area contributed by atoms with Gasteiger partial charge in [0.15, 0.2) is 0 Å². The summed E-state index contributed by atoms with van der Waals surface area (Å²) in [5.74, 6) is 0.763. The van der Waals surface area contributed by atoms with Gasteiger partial charge in [-0.25, -0.2) is 8.42 Å². The zero-order chi connectivity index (χ0) is 22.5. The van der Waals surface area contributed by atoms with Crippen molar-refractivity contribution in [2.24, 2.45) is 0 Å². The highest BCUT2D eigenvalue weighted by Gasteiger charge is 2.39. The monoisotopic (exact) mass is 486 g/mol. The van der Waals surface area contributed by atoms with Gasteiger partial charge in [-0.05, 0) is 72.1 Å². The molecule has 1 atom stereocenters. The van der Waals surface area contributed by atoms with Gasteiger partial charge < -0.3 is 9.72 Å². The number of ether oxygens (including phenoxy) is 1. The number of aromatic amines is 1. The van der Waals surface area contributed by atoms with Gasteiger partial charge in [0, 0.05) is 33.2 Å². The summed E-state index contributed by atoms with van der Waals surface area (Å²) in [6.07, 6.45) is 0.583. The molecule has 0 amide bonds. The van der Waals surface area contributed by atoms with Gasteiger partial charge in [-0.3, -0.25) is 0 Å². The first-order valence-corrected chi connectivity index (χ1v) is 12.3. The number of rotatable bonds is 4. The Morgan fingerprint density at radius 1 is 0.969 bits per heavy atom. The normalized spacial score (nSPS) is 16.8. The van der Waals surface area contributed by atoms with E-state index >= 15 is 0 Å². The number of aromatic nitrogens is 1.